The van der Waals surface area contributed by atoms with Gasteiger partial charge in [0.1, 0.15) is 0 Å². The van der Waals surface area contributed by atoms with Gasteiger partial charge in [-0.1, -0.05) is 13.8 Å². The monoisotopic (exact) mass is 240 g/mol. The second-order valence-corrected chi connectivity index (χ2v) is 4.69. The number of nitrogens with one attached hydrogen (secondary N) is 2. The molecular weight excluding hydrogens is 220 g/mol. The molecule has 1 rings (SSSR count). The quantitative estimate of drug-likeness (QED) is 0.733. The summed E-state index contributed by atoms with van der Waals surface area (Å²) >= 11 is 0. The van der Waals surface area contributed by atoms with E-state index >= 15 is 0 Å². The third-order valence-corrected chi connectivity index (χ3v) is 2.81. The normalized spacial score (nSPS) is 14.5. The number of hydrogen-bond donors (Lipinski definition) is 3. The van der Waals surface area contributed by atoms with E-state index in [4.69, 9.17) is 0 Å². The van der Waals surface area contributed by atoms with Crippen LogP contribution in [0, 0.1) is 5.92 Å². The molecule has 3 N–H and O–H groups in total. The Balaban J connectivity index is 2.41. The van der Waals surface area contributed by atoms with E-state index in [1.807, 2.05) is 13.8 Å². The Morgan fingerprint density at radius 1 is 1.65 bits per heavy atom. The Labute approximate surface area is 101 Å². The Kier molecular flexibility index (Phi) is 4.11. The van der Waals surface area contributed by atoms with Crippen molar-refractivity contribution in [1.29, 1.82) is 0 Å². The molecule has 0 aromatic carbocycles. The van der Waals surface area contributed by atoms with Gasteiger partial charge in [0.05, 0.1) is 5.60 Å². The van der Waals surface area contributed by atoms with Gasteiger partial charge in [0.2, 0.25) is 0 Å². The fourth-order valence-corrected chi connectivity index (χ4v) is 1.11. The summed E-state index contributed by atoms with van der Waals surface area (Å²) in [5, 5.41) is 19.2. The topological polar surface area (TPSA) is 79.2 Å². The predicted octanol–water partition coefficient (Wildman–Crippen LogP) is 0.949. The highest BCUT2D eigenvalue weighted by molar-refractivity contribution is 5.88. The van der Waals surface area contributed by atoms with Crippen molar-refractivity contribution in [2.45, 2.75) is 26.4 Å². The fraction of sp³-hybridized carbons (Fsp3) is 0.636. The van der Waals surface area contributed by atoms with Crippen LogP contribution in [0.3, 0.4) is 0 Å². The molecule has 0 spiro atoms. The molecule has 0 fully saturated rings. The molecular formula is C11H20N4O2. The number of anilines is 1. The SMILES string of the molecule is CC(C)C(C)(O)CNC(=O)Nc1ccn(C)n1. The van der Waals surface area contributed by atoms with Gasteiger partial charge < -0.3 is 10.4 Å². The van der Waals surface area contributed by atoms with E-state index in [9.17, 15) is 9.90 Å². The van der Waals surface area contributed by atoms with E-state index in [0.29, 0.717) is 5.82 Å². The molecule has 0 saturated heterocycles. The summed E-state index contributed by atoms with van der Waals surface area (Å²) in [7, 11) is 1.77. The first-order valence-corrected chi connectivity index (χ1v) is 5.58. The minimum absolute atomic E-state index is 0.0673. The summed E-state index contributed by atoms with van der Waals surface area (Å²) in [6.45, 7) is 5.69. The zero-order valence-corrected chi connectivity index (χ0v) is 10.7. The maximum Gasteiger partial charge on any atom is 0.320 e. The summed E-state index contributed by atoms with van der Waals surface area (Å²) in [6.07, 6.45) is 1.74. The zero-order chi connectivity index (χ0) is 13.1. The smallest absolute Gasteiger partial charge is 0.320 e. The summed E-state index contributed by atoms with van der Waals surface area (Å²) in [4.78, 5) is 11.5. The van der Waals surface area contributed by atoms with Crippen LogP contribution in [0.1, 0.15) is 20.8 Å². The minimum atomic E-state index is -0.915. The highest BCUT2D eigenvalue weighted by Crippen LogP contribution is 2.14. The van der Waals surface area contributed by atoms with Crippen LogP contribution in [0.15, 0.2) is 12.3 Å². The summed E-state index contributed by atoms with van der Waals surface area (Å²) in [5.41, 5.74) is -0.915. The van der Waals surface area contributed by atoms with E-state index in [2.05, 4.69) is 15.7 Å². The van der Waals surface area contributed by atoms with Crippen LogP contribution in [-0.4, -0.2) is 33.1 Å². The average Bonchev–Trinajstić information content (AvgIpc) is 2.61. The van der Waals surface area contributed by atoms with E-state index < -0.39 is 5.60 Å². The Bertz CT molecular complexity index is 385. The molecule has 0 aliphatic carbocycles. The van der Waals surface area contributed by atoms with Gasteiger partial charge in [0.25, 0.3) is 0 Å². The van der Waals surface area contributed by atoms with Gasteiger partial charge in [-0.25, -0.2) is 4.79 Å². The number of carbonyl (C=O) groups excluding carboxylic acids is 1. The highest BCUT2D eigenvalue weighted by atomic mass is 16.3. The minimum Gasteiger partial charge on any atom is -0.388 e. The van der Waals surface area contributed by atoms with Crippen LogP contribution < -0.4 is 10.6 Å². The van der Waals surface area contributed by atoms with Crippen molar-refractivity contribution in [2.75, 3.05) is 11.9 Å². The fourth-order valence-electron chi connectivity index (χ4n) is 1.11. The van der Waals surface area contributed by atoms with Crippen LogP contribution in [0.4, 0.5) is 10.6 Å². The molecule has 0 saturated carbocycles. The predicted molar refractivity (Wildman–Crippen MR) is 65.7 cm³/mol. The first kappa shape index (κ1) is 13.5. The molecule has 0 bridgehead atoms. The van der Waals surface area contributed by atoms with Gasteiger partial charge in [-0.15, -0.1) is 0 Å². The summed E-state index contributed by atoms with van der Waals surface area (Å²) in [5.74, 6) is 0.548. The molecule has 1 aromatic heterocycles. The number of urea groups is 1. The van der Waals surface area contributed by atoms with Crippen molar-refractivity contribution in [3.8, 4) is 0 Å². The van der Waals surface area contributed by atoms with Crippen LogP contribution >= 0.6 is 0 Å². The largest absolute Gasteiger partial charge is 0.388 e. The van der Waals surface area contributed by atoms with Gasteiger partial charge in [-0.05, 0) is 12.8 Å². The van der Waals surface area contributed by atoms with Gasteiger partial charge in [-0.3, -0.25) is 10.00 Å². The van der Waals surface area contributed by atoms with Crippen molar-refractivity contribution in [3.63, 3.8) is 0 Å². The standard InChI is InChI=1S/C11H20N4O2/c1-8(2)11(3,17)7-12-10(16)13-9-5-6-15(4)14-9/h5-6,8,17H,7H2,1-4H3,(H2,12,13,14,16). The third-order valence-electron chi connectivity index (χ3n) is 2.81. The highest BCUT2D eigenvalue weighted by Gasteiger charge is 2.25. The summed E-state index contributed by atoms with van der Waals surface area (Å²) < 4.78 is 1.60. The molecule has 1 atom stereocenters. The van der Waals surface area contributed by atoms with Crippen LogP contribution in [0.2, 0.25) is 0 Å². The first-order valence-electron chi connectivity index (χ1n) is 5.58. The lowest BCUT2D eigenvalue weighted by molar-refractivity contribution is 0.0170. The molecule has 6 heteroatoms. The number of nitrogens with zero attached hydrogens (tertiary/aromatic N) is 2. The number of hydrogen-bond acceptors (Lipinski definition) is 3. The number of aromatic nitrogens is 2. The summed E-state index contributed by atoms with van der Waals surface area (Å²) in [6, 6.07) is 1.32. The van der Waals surface area contributed by atoms with Crippen molar-refractivity contribution >= 4 is 11.8 Å². The van der Waals surface area contributed by atoms with Gasteiger partial charge in [0, 0.05) is 25.9 Å². The lowest BCUT2D eigenvalue weighted by Gasteiger charge is -2.27. The van der Waals surface area contributed by atoms with Gasteiger partial charge in [-0.2, -0.15) is 5.10 Å². The molecule has 0 radical (unpaired) electrons. The molecule has 1 heterocycles. The molecule has 17 heavy (non-hydrogen) atoms. The second-order valence-electron chi connectivity index (χ2n) is 4.69. The van der Waals surface area contributed by atoms with Gasteiger partial charge >= 0.3 is 6.03 Å². The van der Waals surface area contributed by atoms with Crippen molar-refractivity contribution in [3.05, 3.63) is 12.3 Å². The van der Waals surface area contributed by atoms with E-state index in [1.54, 1.807) is 30.9 Å². The number of aryl methyl sites for hydroxylation is 1. The van der Waals surface area contributed by atoms with Crippen molar-refractivity contribution in [1.82, 2.24) is 15.1 Å². The van der Waals surface area contributed by atoms with E-state index in [-0.39, 0.29) is 18.5 Å². The second kappa shape index (κ2) is 5.18. The molecule has 96 valence electrons. The van der Waals surface area contributed by atoms with Crippen LogP contribution in [0.25, 0.3) is 0 Å². The Hall–Kier alpha value is -1.56. The van der Waals surface area contributed by atoms with E-state index in [0.717, 1.165) is 0 Å². The Morgan fingerprint density at radius 2 is 2.29 bits per heavy atom. The van der Waals surface area contributed by atoms with Crippen molar-refractivity contribution in [2.24, 2.45) is 13.0 Å². The molecule has 0 aliphatic heterocycles. The molecule has 1 unspecified atom stereocenters. The number of carbonyl (C=O) groups is 1. The number of aliphatic hydroxyl groups is 1. The first-order chi connectivity index (χ1) is 7.81. The van der Waals surface area contributed by atoms with Crippen LogP contribution in [0.5, 0.6) is 0 Å². The lowest BCUT2D eigenvalue weighted by Crippen LogP contribution is -2.45. The average molecular weight is 240 g/mol. The maximum absolute atomic E-state index is 11.5. The zero-order valence-electron chi connectivity index (χ0n) is 10.7. The maximum atomic E-state index is 11.5. The molecule has 1 aromatic rings. The molecule has 0 aliphatic rings. The van der Waals surface area contributed by atoms with Crippen LogP contribution in [-0.2, 0) is 7.05 Å². The number of amides is 2. The number of rotatable bonds is 4. The van der Waals surface area contributed by atoms with Gasteiger partial charge in [0.15, 0.2) is 5.82 Å². The molecule has 2 amide bonds. The Morgan fingerprint density at radius 3 is 2.76 bits per heavy atom. The van der Waals surface area contributed by atoms with E-state index in [1.165, 1.54) is 0 Å². The van der Waals surface area contributed by atoms with Crippen molar-refractivity contribution < 1.29 is 9.90 Å². The lowest BCUT2D eigenvalue weighted by atomic mass is 9.93. The molecule has 6 nitrogen and oxygen atoms in total. The third kappa shape index (κ3) is 4.07.